The van der Waals surface area contributed by atoms with Crippen molar-refractivity contribution in [3.8, 4) is 11.5 Å². The third-order valence-corrected chi connectivity index (χ3v) is 11.5. The molecule has 6 atom stereocenters. The quantitative estimate of drug-likeness (QED) is 0.238. The molecule has 0 aromatic heterocycles. The van der Waals surface area contributed by atoms with Gasteiger partial charge in [0.1, 0.15) is 6.10 Å². The summed E-state index contributed by atoms with van der Waals surface area (Å²) in [6, 6.07) is 4.71. The lowest BCUT2D eigenvalue weighted by Crippen LogP contribution is -2.65. The zero-order valence-electron chi connectivity index (χ0n) is 19.5. The number of unbranched alkanes of at least 4 members (excludes halogenated alkanes) is 1. The van der Waals surface area contributed by atoms with E-state index in [0.29, 0.717) is 18.4 Å². The van der Waals surface area contributed by atoms with E-state index in [-0.39, 0.29) is 23.6 Å². The predicted octanol–water partition coefficient (Wildman–Crippen LogP) is 4.77. The van der Waals surface area contributed by atoms with Crippen LogP contribution in [0.1, 0.15) is 49.7 Å². The molecule has 0 radical (unpaired) electrons. The van der Waals surface area contributed by atoms with Crippen molar-refractivity contribution < 1.29 is 19.0 Å². The van der Waals surface area contributed by atoms with Gasteiger partial charge in [0, 0.05) is 40.4 Å². The van der Waals surface area contributed by atoms with Gasteiger partial charge in [0.15, 0.2) is 17.6 Å². The molecule has 3 heterocycles. The molecule has 33 heavy (non-hydrogen) atoms. The van der Waals surface area contributed by atoms with Gasteiger partial charge in [0.2, 0.25) is 0 Å². The van der Waals surface area contributed by atoms with Crippen molar-refractivity contribution in [3.63, 3.8) is 0 Å². The summed E-state index contributed by atoms with van der Waals surface area (Å²) in [5.41, 5.74) is 2.55. The molecule has 5 aliphatic rings. The van der Waals surface area contributed by atoms with E-state index < -0.39 is 0 Å². The summed E-state index contributed by atoms with van der Waals surface area (Å²) in [7, 11) is 7.94. The number of esters is 1. The molecule has 0 N–H and O–H groups in total. The van der Waals surface area contributed by atoms with Crippen LogP contribution in [0.15, 0.2) is 24.3 Å². The Labute approximate surface area is 204 Å². The predicted molar refractivity (Wildman–Crippen MR) is 133 cm³/mol. The number of carbonyl (C=O) groups excluding carboxylic acids is 1. The van der Waals surface area contributed by atoms with Gasteiger partial charge in [-0.25, -0.2) is 0 Å². The molecule has 178 valence electrons. The smallest absolute Gasteiger partial charge is 0.306 e. The van der Waals surface area contributed by atoms with Crippen LogP contribution in [0.4, 0.5) is 0 Å². The minimum absolute atomic E-state index is 0.0972. The molecule has 1 aromatic rings. The molecule has 0 saturated carbocycles. The fourth-order valence-corrected chi connectivity index (χ4v) is 9.92. The van der Waals surface area contributed by atoms with Crippen molar-refractivity contribution >= 4 is 27.6 Å². The summed E-state index contributed by atoms with van der Waals surface area (Å²) in [4.78, 5) is 15.3. The maximum Gasteiger partial charge on any atom is 0.306 e. The normalized spacial score (nSPS) is 35.8. The van der Waals surface area contributed by atoms with Gasteiger partial charge >= 0.3 is 5.97 Å². The second-order valence-electron chi connectivity index (χ2n) is 10.2. The molecule has 7 heteroatoms. The highest BCUT2D eigenvalue weighted by molar-refractivity contribution is 8.77. The Morgan fingerprint density at radius 3 is 3.03 bits per heavy atom. The zero-order valence-corrected chi connectivity index (χ0v) is 21.1. The van der Waals surface area contributed by atoms with Crippen molar-refractivity contribution in [1.29, 1.82) is 0 Å². The molecule has 3 aliphatic heterocycles. The maximum atomic E-state index is 12.8. The first-order valence-electron chi connectivity index (χ1n) is 12.3. The molecular formula is C26H33NO4S2. The van der Waals surface area contributed by atoms with E-state index in [1.807, 2.05) is 27.7 Å². The number of ether oxygens (including phenoxy) is 3. The van der Waals surface area contributed by atoms with Gasteiger partial charge in [-0.2, -0.15) is 0 Å². The lowest BCUT2D eigenvalue weighted by molar-refractivity contribution is -0.155. The first-order chi connectivity index (χ1) is 16.1. The van der Waals surface area contributed by atoms with Crippen molar-refractivity contribution in [2.75, 3.05) is 26.5 Å². The van der Waals surface area contributed by atoms with Crippen LogP contribution in [-0.4, -0.2) is 60.8 Å². The number of rotatable bonds is 7. The molecule has 2 fully saturated rings. The Bertz CT molecular complexity index is 962. The van der Waals surface area contributed by atoms with Gasteiger partial charge < -0.3 is 19.1 Å². The van der Waals surface area contributed by atoms with Gasteiger partial charge in [0.25, 0.3) is 0 Å². The van der Waals surface area contributed by atoms with E-state index >= 15 is 0 Å². The van der Waals surface area contributed by atoms with Crippen molar-refractivity contribution in [2.45, 2.75) is 73.9 Å². The van der Waals surface area contributed by atoms with E-state index in [1.165, 1.54) is 29.7 Å². The molecule has 0 amide bonds. The van der Waals surface area contributed by atoms with Crippen LogP contribution < -0.4 is 9.47 Å². The number of hydrogen-bond donors (Lipinski definition) is 0. The topological polar surface area (TPSA) is 48.0 Å². The highest BCUT2D eigenvalue weighted by Gasteiger charge is 2.65. The van der Waals surface area contributed by atoms with Gasteiger partial charge in [0.05, 0.1) is 7.11 Å². The molecule has 5 nitrogen and oxygen atoms in total. The van der Waals surface area contributed by atoms with Crippen LogP contribution in [0.5, 0.6) is 11.5 Å². The van der Waals surface area contributed by atoms with E-state index in [9.17, 15) is 4.79 Å². The minimum Gasteiger partial charge on any atom is -0.493 e. The Kier molecular flexibility index (Phi) is 5.86. The van der Waals surface area contributed by atoms with Gasteiger partial charge in [-0.3, -0.25) is 4.79 Å². The molecule has 0 unspecified atom stereocenters. The summed E-state index contributed by atoms with van der Waals surface area (Å²) in [6.45, 7) is 1.03. The number of likely N-dealkylation sites (N-methyl/N-ethyl adjacent to an activating group) is 1. The lowest BCUT2D eigenvalue weighted by Gasteiger charge is -2.56. The van der Waals surface area contributed by atoms with Crippen LogP contribution in [0.2, 0.25) is 0 Å². The number of methoxy groups -OCH3 is 1. The van der Waals surface area contributed by atoms with Gasteiger partial charge in [-0.15, -0.1) is 0 Å². The summed E-state index contributed by atoms with van der Waals surface area (Å²) in [5.74, 6) is 3.21. The number of likely N-dealkylation sites (tertiary alicyclic amines) is 1. The van der Waals surface area contributed by atoms with Crippen molar-refractivity contribution in [1.82, 2.24) is 4.90 Å². The highest BCUT2D eigenvalue weighted by Crippen LogP contribution is 2.62. The van der Waals surface area contributed by atoms with Crippen molar-refractivity contribution in [2.24, 2.45) is 5.92 Å². The number of carbonyl (C=O) groups is 1. The number of piperidine rings is 1. The third kappa shape index (κ3) is 3.52. The molecule has 2 saturated heterocycles. The van der Waals surface area contributed by atoms with Crippen LogP contribution in [0.3, 0.4) is 0 Å². The maximum absolute atomic E-state index is 12.8. The Morgan fingerprint density at radius 1 is 1.30 bits per heavy atom. The van der Waals surface area contributed by atoms with Crippen LogP contribution in [0.25, 0.3) is 0 Å². The Hall–Kier alpha value is -1.31. The molecular weight excluding hydrogens is 454 g/mol. The number of nitrogens with zero attached hydrogens (tertiary/aromatic N) is 1. The largest absolute Gasteiger partial charge is 0.493 e. The van der Waals surface area contributed by atoms with Crippen LogP contribution in [0, 0.1) is 5.92 Å². The third-order valence-electron chi connectivity index (χ3n) is 8.49. The molecule has 1 spiro atoms. The van der Waals surface area contributed by atoms with Crippen molar-refractivity contribution in [3.05, 3.63) is 35.4 Å². The average molecular weight is 488 g/mol. The zero-order chi connectivity index (χ0) is 22.6. The Balaban J connectivity index is 1.21. The second-order valence-corrected chi connectivity index (χ2v) is 12.9. The summed E-state index contributed by atoms with van der Waals surface area (Å²) < 4.78 is 18.4. The van der Waals surface area contributed by atoms with E-state index in [4.69, 9.17) is 14.2 Å². The number of benzene rings is 1. The molecule has 2 aliphatic carbocycles. The first-order valence-corrected chi connectivity index (χ1v) is 14.7. The molecule has 1 aromatic carbocycles. The fourth-order valence-electron chi connectivity index (χ4n) is 6.89. The minimum atomic E-state index is -0.345. The van der Waals surface area contributed by atoms with E-state index in [2.05, 4.69) is 30.2 Å². The van der Waals surface area contributed by atoms with Crippen LogP contribution >= 0.6 is 21.6 Å². The molecule has 2 bridgehead atoms. The lowest BCUT2D eigenvalue weighted by atomic mass is 9.53. The molecule has 6 rings (SSSR count). The Morgan fingerprint density at radius 2 is 2.21 bits per heavy atom. The first kappa shape index (κ1) is 22.2. The van der Waals surface area contributed by atoms with E-state index in [0.717, 1.165) is 49.0 Å². The monoisotopic (exact) mass is 487 g/mol. The number of hydrogen-bond acceptors (Lipinski definition) is 7. The fraction of sp³-hybridized carbons (Fsp3) is 0.654. The summed E-state index contributed by atoms with van der Waals surface area (Å²) in [6.07, 6.45) is 10.9. The van der Waals surface area contributed by atoms with Gasteiger partial charge in [-0.1, -0.05) is 40.2 Å². The second kappa shape index (κ2) is 8.72. The van der Waals surface area contributed by atoms with E-state index in [1.54, 1.807) is 7.11 Å². The summed E-state index contributed by atoms with van der Waals surface area (Å²) >= 11 is 0. The SMILES string of the molecule is COc1ccc2c3c1O[C@H]1[C@@H](OC(=O)CCCC[C@H]4CCSS4)C=C[C@H]4[C@@H](C2)N(C)CC[C@@]341. The highest BCUT2D eigenvalue weighted by atomic mass is 33.1. The van der Waals surface area contributed by atoms with Gasteiger partial charge in [-0.05, 0) is 63.4 Å². The van der Waals surface area contributed by atoms with Crippen LogP contribution in [-0.2, 0) is 21.4 Å². The average Bonchev–Trinajstić information content (AvgIpc) is 3.46. The summed E-state index contributed by atoms with van der Waals surface area (Å²) in [5, 5.41) is 0.765. The standard InChI is InChI=1S/C26H33NO4S2/c1-27-13-12-26-18-8-10-21(30-22(28)6-4-3-5-17-11-14-32-33-17)25(26)31-24-20(29-2)9-7-16(23(24)26)15-19(18)27/h7-10,17-19,21,25H,3-6,11-15H2,1-2H3/t17-,18-,19+,21-,25-,26-/m0/s1.